The van der Waals surface area contributed by atoms with Crippen molar-refractivity contribution >= 4 is 16.9 Å². The van der Waals surface area contributed by atoms with E-state index in [1.165, 1.54) is 0 Å². The first kappa shape index (κ1) is 17.5. The van der Waals surface area contributed by atoms with Gasteiger partial charge < -0.3 is 13.9 Å². The van der Waals surface area contributed by atoms with Crippen molar-refractivity contribution in [1.82, 2.24) is 0 Å². The van der Waals surface area contributed by atoms with Gasteiger partial charge in [0.25, 0.3) is 0 Å². The SMILES string of the molecule is CCC(Oc1ccc2c3c(c(=O)oc2c1)CCC3)C(=O)OCC(C)C. The minimum Gasteiger partial charge on any atom is -0.479 e. The normalized spacial score (nSPS) is 14.6. The summed E-state index contributed by atoms with van der Waals surface area (Å²) in [7, 11) is 0. The number of fused-ring (bicyclic) bond motifs is 3. The Morgan fingerprint density at radius 1 is 1.24 bits per heavy atom. The Bertz CT molecular complexity index is 834. The van der Waals surface area contributed by atoms with Crippen molar-refractivity contribution in [1.29, 1.82) is 0 Å². The molecule has 134 valence electrons. The number of hydrogen-bond donors (Lipinski definition) is 0. The lowest BCUT2D eigenvalue weighted by molar-refractivity contribution is -0.153. The summed E-state index contributed by atoms with van der Waals surface area (Å²) in [4.78, 5) is 24.2. The number of hydrogen-bond acceptors (Lipinski definition) is 5. The molecule has 1 aromatic carbocycles. The standard InChI is InChI=1S/C20H24O5/c1-4-17(20(22)23-11-12(2)3)24-13-8-9-15-14-6-5-7-16(14)19(21)25-18(15)10-13/h8-10,12,17H,4-7,11H2,1-3H3. The summed E-state index contributed by atoms with van der Waals surface area (Å²) in [5.41, 5.74) is 2.13. The minimum absolute atomic E-state index is 0.263. The third-order valence-electron chi connectivity index (χ3n) is 4.42. The number of ether oxygens (including phenoxy) is 2. The second-order valence-corrected chi connectivity index (χ2v) is 6.90. The highest BCUT2D eigenvalue weighted by Gasteiger charge is 2.22. The second-order valence-electron chi connectivity index (χ2n) is 6.90. The number of rotatable bonds is 6. The lowest BCUT2D eigenvalue weighted by atomic mass is 10.1. The minimum atomic E-state index is -0.669. The van der Waals surface area contributed by atoms with Crippen molar-refractivity contribution < 1.29 is 18.7 Å². The molecule has 0 saturated heterocycles. The zero-order valence-corrected chi connectivity index (χ0v) is 15.0. The predicted molar refractivity (Wildman–Crippen MR) is 95.0 cm³/mol. The Kier molecular flexibility index (Phi) is 5.11. The molecule has 0 aliphatic heterocycles. The van der Waals surface area contributed by atoms with Gasteiger partial charge in [-0.25, -0.2) is 9.59 Å². The summed E-state index contributed by atoms with van der Waals surface area (Å²) >= 11 is 0. The molecule has 1 aliphatic carbocycles. The Balaban J connectivity index is 1.83. The van der Waals surface area contributed by atoms with Crippen molar-refractivity contribution in [2.45, 2.75) is 52.6 Å². The highest BCUT2D eigenvalue weighted by molar-refractivity contribution is 5.83. The Hall–Kier alpha value is -2.30. The van der Waals surface area contributed by atoms with E-state index < -0.39 is 6.10 Å². The molecule has 0 amide bonds. The quantitative estimate of drug-likeness (QED) is 0.591. The van der Waals surface area contributed by atoms with Crippen LogP contribution in [0.4, 0.5) is 0 Å². The zero-order valence-electron chi connectivity index (χ0n) is 15.0. The first-order chi connectivity index (χ1) is 12.0. The van der Waals surface area contributed by atoms with Gasteiger partial charge in [0.2, 0.25) is 0 Å². The molecule has 5 heteroatoms. The van der Waals surface area contributed by atoms with E-state index in [-0.39, 0.29) is 17.5 Å². The molecule has 1 aliphatic rings. The van der Waals surface area contributed by atoms with Crippen LogP contribution in [0.25, 0.3) is 11.0 Å². The average Bonchev–Trinajstić information content (AvgIpc) is 3.08. The van der Waals surface area contributed by atoms with Crippen molar-refractivity contribution in [3.05, 3.63) is 39.7 Å². The summed E-state index contributed by atoms with van der Waals surface area (Å²) in [5, 5.41) is 0.954. The molecule has 25 heavy (non-hydrogen) atoms. The molecule has 0 spiro atoms. The van der Waals surface area contributed by atoms with E-state index in [1.807, 2.05) is 32.9 Å². The van der Waals surface area contributed by atoms with Crippen LogP contribution in [0.3, 0.4) is 0 Å². The van der Waals surface area contributed by atoms with E-state index >= 15 is 0 Å². The first-order valence-electron chi connectivity index (χ1n) is 8.91. The molecule has 0 bridgehead atoms. The zero-order chi connectivity index (χ0) is 18.0. The maximum atomic E-state index is 12.1. The van der Waals surface area contributed by atoms with Gasteiger partial charge in [-0.05, 0) is 49.3 Å². The highest BCUT2D eigenvalue weighted by Crippen LogP contribution is 2.30. The maximum Gasteiger partial charge on any atom is 0.347 e. The number of aryl methyl sites for hydroxylation is 1. The van der Waals surface area contributed by atoms with Gasteiger partial charge >= 0.3 is 11.6 Å². The number of esters is 1. The predicted octanol–water partition coefficient (Wildman–Crippen LogP) is 3.64. The molecule has 1 heterocycles. The third kappa shape index (κ3) is 3.70. The van der Waals surface area contributed by atoms with Gasteiger partial charge in [-0.2, -0.15) is 0 Å². The van der Waals surface area contributed by atoms with Crippen LogP contribution >= 0.6 is 0 Å². The molecule has 1 unspecified atom stereocenters. The Morgan fingerprint density at radius 3 is 2.72 bits per heavy atom. The fraction of sp³-hybridized carbons (Fsp3) is 0.500. The van der Waals surface area contributed by atoms with Crippen LogP contribution in [0.1, 0.15) is 44.7 Å². The highest BCUT2D eigenvalue weighted by atomic mass is 16.6. The van der Waals surface area contributed by atoms with Gasteiger partial charge in [0, 0.05) is 17.0 Å². The molecular weight excluding hydrogens is 320 g/mol. The number of carbonyl (C=O) groups is 1. The summed E-state index contributed by atoms with van der Waals surface area (Å²) < 4.78 is 16.5. The van der Waals surface area contributed by atoms with Crippen LogP contribution in [-0.4, -0.2) is 18.7 Å². The van der Waals surface area contributed by atoms with Crippen LogP contribution in [0.5, 0.6) is 5.75 Å². The summed E-state index contributed by atoms with van der Waals surface area (Å²) in [6.45, 7) is 6.21. The van der Waals surface area contributed by atoms with E-state index in [0.29, 0.717) is 24.4 Å². The van der Waals surface area contributed by atoms with Gasteiger partial charge in [0.15, 0.2) is 6.10 Å². The monoisotopic (exact) mass is 344 g/mol. The number of benzene rings is 1. The second kappa shape index (κ2) is 7.30. The van der Waals surface area contributed by atoms with Crippen LogP contribution < -0.4 is 10.4 Å². The smallest absolute Gasteiger partial charge is 0.347 e. The topological polar surface area (TPSA) is 65.7 Å². The van der Waals surface area contributed by atoms with Crippen LogP contribution in [0.2, 0.25) is 0 Å². The van der Waals surface area contributed by atoms with Gasteiger partial charge in [0.1, 0.15) is 11.3 Å². The summed E-state index contributed by atoms with van der Waals surface area (Å²) in [6.07, 6.45) is 2.50. The lowest BCUT2D eigenvalue weighted by Crippen LogP contribution is -2.29. The van der Waals surface area contributed by atoms with Crippen molar-refractivity contribution in [3.63, 3.8) is 0 Å². The van der Waals surface area contributed by atoms with Gasteiger partial charge in [0.05, 0.1) is 6.61 Å². The molecule has 0 N–H and O–H groups in total. The van der Waals surface area contributed by atoms with Crippen molar-refractivity contribution in [3.8, 4) is 5.75 Å². The Labute approximate surface area is 146 Å². The molecule has 3 rings (SSSR count). The summed E-state index contributed by atoms with van der Waals surface area (Å²) in [5.74, 6) is 0.409. The molecule has 2 aromatic rings. The molecule has 0 fully saturated rings. The molecule has 5 nitrogen and oxygen atoms in total. The molecule has 0 radical (unpaired) electrons. The lowest BCUT2D eigenvalue weighted by Gasteiger charge is -2.17. The van der Waals surface area contributed by atoms with E-state index in [1.54, 1.807) is 6.07 Å². The molecular formula is C20H24O5. The van der Waals surface area contributed by atoms with Crippen LogP contribution in [0.15, 0.2) is 27.4 Å². The maximum absolute atomic E-state index is 12.1. The largest absolute Gasteiger partial charge is 0.479 e. The van der Waals surface area contributed by atoms with Crippen molar-refractivity contribution in [2.24, 2.45) is 5.92 Å². The van der Waals surface area contributed by atoms with Gasteiger partial charge in [-0.1, -0.05) is 20.8 Å². The van der Waals surface area contributed by atoms with Crippen LogP contribution in [0, 0.1) is 5.92 Å². The molecule has 0 saturated carbocycles. The van der Waals surface area contributed by atoms with E-state index in [4.69, 9.17) is 13.9 Å². The fourth-order valence-electron chi connectivity index (χ4n) is 3.14. The molecule has 1 aromatic heterocycles. The van der Waals surface area contributed by atoms with Crippen molar-refractivity contribution in [2.75, 3.05) is 6.61 Å². The Morgan fingerprint density at radius 2 is 2.00 bits per heavy atom. The first-order valence-corrected chi connectivity index (χ1v) is 8.91. The number of carbonyl (C=O) groups excluding carboxylic acids is 1. The third-order valence-corrected chi connectivity index (χ3v) is 4.42. The molecule has 1 atom stereocenters. The van der Waals surface area contributed by atoms with E-state index in [0.717, 1.165) is 35.8 Å². The van der Waals surface area contributed by atoms with Gasteiger partial charge in [-0.15, -0.1) is 0 Å². The average molecular weight is 344 g/mol. The van der Waals surface area contributed by atoms with Gasteiger partial charge in [-0.3, -0.25) is 0 Å². The van der Waals surface area contributed by atoms with Crippen LogP contribution in [-0.2, 0) is 22.4 Å². The van der Waals surface area contributed by atoms with E-state index in [9.17, 15) is 9.59 Å². The summed E-state index contributed by atoms with van der Waals surface area (Å²) in [6, 6.07) is 5.41. The van der Waals surface area contributed by atoms with E-state index in [2.05, 4.69) is 0 Å². The fourth-order valence-corrected chi connectivity index (χ4v) is 3.14.